The Labute approximate surface area is 386 Å². The van der Waals surface area contributed by atoms with Crippen LogP contribution in [0.15, 0.2) is 12.2 Å². The lowest BCUT2D eigenvalue weighted by Gasteiger charge is -2.42. The van der Waals surface area contributed by atoms with Gasteiger partial charge in [0.25, 0.3) is 0 Å². The van der Waals surface area contributed by atoms with E-state index in [0.717, 1.165) is 44.9 Å². The molecule has 64 heavy (non-hydrogen) atoms. The molecule has 0 radical (unpaired) electrons. The van der Waals surface area contributed by atoms with Crippen molar-refractivity contribution in [3.05, 3.63) is 12.2 Å². The van der Waals surface area contributed by atoms with Crippen LogP contribution in [-0.2, 0) is 33.2 Å². The molecular formula is C50H94O14. The van der Waals surface area contributed by atoms with Crippen LogP contribution in [0, 0.1) is 0 Å². The predicted octanol–water partition coefficient (Wildman–Crippen LogP) is 7.46. The smallest absolute Gasteiger partial charge is 0.306 e. The quantitative estimate of drug-likeness (QED) is 0.0180. The van der Waals surface area contributed by atoms with Crippen LogP contribution < -0.4 is 0 Å². The first-order valence-corrected chi connectivity index (χ1v) is 25.8. The average Bonchev–Trinajstić information content (AvgIpc) is 3.29. The molecule has 14 heteroatoms. The fourth-order valence-corrected chi connectivity index (χ4v) is 8.28. The third-order valence-electron chi connectivity index (χ3n) is 12.5. The van der Waals surface area contributed by atoms with Gasteiger partial charge in [0.15, 0.2) is 12.6 Å². The molecule has 0 aromatic rings. The number of allylic oxidation sites excluding steroid dienone is 2. The third kappa shape index (κ3) is 26.3. The highest BCUT2D eigenvalue weighted by atomic mass is 16.7. The predicted molar refractivity (Wildman–Crippen MR) is 247 cm³/mol. The molecule has 7 N–H and O–H groups in total. The maximum Gasteiger partial charge on any atom is 0.306 e. The van der Waals surface area contributed by atoms with E-state index in [1.54, 1.807) is 0 Å². The fraction of sp³-hybridized carbons (Fsp3) is 0.940. The molecule has 2 rings (SSSR count). The number of aliphatic hydroxyl groups excluding tert-OH is 7. The second kappa shape index (κ2) is 38.7. The lowest BCUT2D eigenvalue weighted by Crippen LogP contribution is -2.61. The van der Waals surface area contributed by atoms with Crippen LogP contribution in [0.4, 0.5) is 0 Å². The van der Waals surface area contributed by atoms with Gasteiger partial charge in [-0.2, -0.15) is 0 Å². The fourth-order valence-electron chi connectivity index (χ4n) is 8.28. The van der Waals surface area contributed by atoms with E-state index in [-0.39, 0.29) is 25.6 Å². The standard InChI is InChI=1S/C50H94O14/c1-3-5-7-9-11-13-15-17-19-20-21-23-25-27-29-31-33-42(52)62-39(36-59-34-32-30-28-26-24-22-18-16-14-12-10-8-6-4-2)37-60-49-48(58)46(56)44(54)41(64-49)38-61-50-47(57)45(55)43(53)40(35-51)63-50/h14,16,39-41,43-51,53-58H,3-13,15,17-38H2,1-2H3/b16-14-. The Hall–Kier alpha value is -1.27. The average molecular weight is 919 g/mol. The van der Waals surface area contributed by atoms with Gasteiger partial charge >= 0.3 is 5.97 Å². The van der Waals surface area contributed by atoms with E-state index in [2.05, 4.69) is 26.0 Å². The highest BCUT2D eigenvalue weighted by molar-refractivity contribution is 5.69. The van der Waals surface area contributed by atoms with Gasteiger partial charge in [-0.25, -0.2) is 0 Å². The van der Waals surface area contributed by atoms with Gasteiger partial charge in [0.1, 0.15) is 54.9 Å². The molecule has 2 fully saturated rings. The van der Waals surface area contributed by atoms with E-state index >= 15 is 0 Å². The first-order valence-electron chi connectivity index (χ1n) is 25.8. The molecular weight excluding hydrogens is 825 g/mol. The van der Waals surface area contributed by atoms with Gasteiger partial charge in [0.05, 0.1) is 26.4 Å². The molecule has 11 atom stereocenters. The van der Waals surface area contributed by atoms with Crippen molar-refractivity contribution in [3.8, 4) is 0 Å². The normalized spacial score (nSPS) is 26.8. The van der Waals surface area contributed by atoms with E-state index in [0.29, 0.717) is 13.0 Å². The summed E-state index contributed by atoms with van der Waals surface area (Å²) in [6.07, 6.45) is 22.7. The van der Waals surface area contributed by atoms with Crippen molar-refractivity contribution in [2.45, 2.75) is 268 Å². The van der Waals surface area contributed by atoms with Crippen LogP contribution in [0.5, 0.6) is 0 Å². The molecule has 0 spiro atoms. The van der Waals surface area contributed by atoms with Crippen molar-refractivity contribution >= 4 is 5.97 Å². The Kier molecular flexibility index (Phi) is 35.6. The number of hydrogen-bond donors (Lipinski definition) is 7. The van der Waals surface area contributed by atoms with Gasteiger partial charge in [-0.3, -0.25) is 4.79 Å². The summed E-state index contributed by atoms with van der Waals surface area (Å²) in [5.74, 6) is -0.375. The number of ether oxygens (including phenoxy) is 6. The second-order valence-corrected chi connectivity index (χ2v) is 18.3. The van der Waals surface area contributed by atoms with Crippen LogP contribution in [0.25, 0.3) is 0 Å². The van der Waals surface area contributed by atoms with E-state index in [9.17, 15) is 40.5 Å². The molecule has 2 saturated heterocycles. The van der Waals surface area contributed by atoms with E-state index in [1.807, 2.05) is 0 Å². The van der Waals surface area contributed by atoms with Crippen molar-refractivity contribution in [2.75, 3.05) is 33.0 Å². The highest BCUT2D eigenvalue weighted by Gasteiger charge is 2.47. The van der Waals surface area contributed by atoms with Gasteiger partial charge in [-0.15, -0.1) is 0 Å². The number of unbranched alkanes of at least 4 members (excludes halogenated alkanes) is 25. The molecule has 0 bridgehead atoms. The number of carbonyl (C=O) groups is 1. The Balaban J connectivity index is 1.77. The van der Waals surface area contributed by atoms with Crippen molar-refractivity contribution < 1.29 is 69.0 Å². The van der Waals surface area contributed by atoms with E-state index < -0.39 is 80.7 Å². The lowest BCUT2D eigenvalue weighted by molar-refractivity contribution is -0.332. The molecule has 0 amide bonds. The van der Waals surface area contributed by atoms with Gasteiger partial charge in [-0.05, 0) is 38.5 Å². The van der Waals surface area contributed by atoms with Gasteiger partial charge < -0.3 is 64.2 Å². The maximum atomic E-state index is 13.0. The van der Waals surface area contributed by atoms with Crippen molar-refractivity contribution in [1.82, 2.24) is 0 Å². The minimum atomic E-state index is -1.70. The monoisotopic (exact) mass is 919 g/mol. The SMILES string of the molecule is CCCCCC/C=C\CCCCCCCCOCC(COC1OC(COC2OC(CO)C(O)C(O)C2O)C(O)C(O)C1O)OC(=O)CCCCCCCCCCCCCCCCCC. The number of aliphatic hydroxyl groups is 7. The molecule has 0 aliphatic carbocycles. The Bertz CT molecular complexity index is 1110. The Morgan fingerprint density at radius 3 is 1.44 bits per heavy atom. The van der Waals surface area contributed by atoms with Crippen LogP contribution in [0.1, 0.15) is 200 Å². The summed E-state index contributed by atoms with van der Waals surface area (Å²) in [4.78, 5) is 13.0. The largest absolute Gasteiger partial charge is 0.457 e. The highest BCUT2D eigenvalue weighted by Crippen LogP contribution is 2.26. The molecule has 0 saturated carbocycles. The summed E-state index contributed by atoms with van der Waals surface area (Å²) < 4.78 is 34.3. The lowest BCUT2D eigenvalue weighted by atomic mass is 9.98. The van der Waals surface area contributed by atoms with Gasteiger partial charge in [0.2, 0.25) is 0 Å². The molecule has 2 aliphatic rings. The molecule has 0 aromatic heterocycles. The summed E-state index contributed by atoms with van der Waals surface area (Å²) in [5, 5.41) is 72.1. The zero-order chi connectivity index (χ0) is 46.6. The summed E-state index contributed by atoms with van der Waals surface area (Å²) in [6, 6.07) is 0. The van der Waals surface area contributed by atoms with E-state index in [1.165, 1.54) is 128 Å². The minimum Gasteiger partial charge on any atom is -0.457 e. The van der Waals surface area contributed by atoms with Gasteiger partial charge in [-0.1, -0.05) is 167 Å². The summed E-state index contributed by atoms with van der Waals surface area (Å²) in [7, 11) is 0. The van der Waals surface area contributed by atoms with Crippen molar-refractivity contribution in [3.63, 3.8) is 0 Å². The summed E-state index contributed by atoms with van der Waals surface area (Å²) in [5.41, 5.74) is 0. The molecule has 14 nitrogen and oxygen atoms in total. The van der Waals surface area contributed by atoms with Gasteiger partial charge in [0, 0.05) is 13.0 Å². The molecule has 378 valence electrons. The molecule has 2 aliphatic heterocycles. The molecule has 0 aromatic carbocycles. The zero-order valence-electron chi connectivity index (χ0n) is 40.0. The van der Waals surface area contributed by atoms with Crippen LogP contribution in [0.2, 0.25) is 0 Å². The maximum absolute atomic E-state index is 13.0. The first kappa shape index (κ1) is 58.9. The summed E-state index contributed by atoms with van der Waals surface area (Å²) in [6.45, 7) is 3.69. The van der Waals surface area contributed by atoms with Crippen LogP contribution >= 0.6 is 0 Å². The second-order valence-electron chi connectivity index (χ2n) is 18.3. The van der Waals surface area contributed by atoms with Crippen LogP contribution in [0.3, 0.4) is 0 Å². The Morgan fingerprint density at radius 1 is 0.500 bits per heavy atom. The molecule has 11 unspecified atom stereocenters. The number of rotatable bonds is 41. The third-order valence-corrected chi connectivity index (χ3v) is 12.5. The Morgan fingerprint density at radius 2 is 0.922 bits per heavy atom. The topological polar surface area (TPSA) is 214 Å². The van der Waals surface area contributed by atoms with Crippen molar-refractivity contribution in [1.29, 1.82) is 0 Å². The van der Waals surface area contributed by atoms with Crippen molar-refractivity contribution in [2.24, 2.45) is 0 Å². The minimum absolute atomic E-state index is 0.0626. The van der Waals surface area contributed by atoms with Crippen LogP contribution in [-0.4, -0.2) is 142 Å². The zero-order valence-corrected chi connectivity index (χ0v) is 40.0. The number of carbonyl (C=O) groups excluding carboxylic acids is 1. The molecule has 2 heterocycles. The first-order chi connectivity index (χ1) is 31.1. The van der Waals surface area contributed by atoms with E-state index in [4.69, 9.17) is 28.4 Å². The summed E-state index contributed by atoms with van der Waals surface area (Å²) >= 11 is 0. The number of esters is 1. The number of hydrogen-bond acceptors (Lipinski definition) is 14.